The highest BCUT2D eigenvalue weighted by atomic mass is 32.1. The number of rotatable bonds is 4. The maximum atomic E-state index is 5.37. The largest absolute Gasteiger partial charge is 0.393 e. The van der Waals surface area contributed by atoms with E-state index in [9.17, 15) is 0 Å². The standard InChI is InChI=1S/C8H11NS2/c9-8(10)5-1-3-7-4-2-6-11-7/h2,4,6H,1,3,5H2,(H2,9,10). The third-order valence-corrected chi connectivity index (χ3v) is 2.57. The summed E-state index contributed by atoms with van der Waals surface area (Å²) in [7, 11) is 0. The van der Waals surface area contributed by atoms with E-state index in [1.54, 1.807) is 11.3 Å². The molecule has 0 saturated heterocycles. The van der Waals surface area contributed by atoms with Gasteiger partial charge in [-0.2, -0.15) is 0 Å². The lowest BCUT2D eigenvalue weighted by Gasteiger charge is -1.95. The lowest BCUT2D eigenvalue weighted by molar-refractivity contribution is 0.881. The Morgan fingerprint density at radius 2 is 2.45 bits per heavy atom. The van der Waals surface area contributed by atoms with Crippen molar-refractivity contribution in [2.75, 3.05) is 0 Å². The van der Waals surface area contributed by atoms with E-state index in [1.807, 2.05) is 0 Å². The predicted octanol–water partition coefficient (Wildman–Crippen LogP) is 2.36. The molecular weight excluding hydrogens is 174 g/mol. The van der Waals surface area contributed by atoms with E-state index in [1.165, 1.54) is 4.88 Å². The number of thiocarbonyl (C=S) groups is 1. The second kappa shape index (κ2) is 4.46. The summed E-state index contributed by atoms with van der Waals surface area (Å²) in [6, 6.07) is 4.21. The Kier molecular flexibility index (Phi) is 3.52. The molecule has 0 saturated carbocycles. The van der Waals surface area contributed by atoms with Crippen molar-refractivity contribution < 1.29 is 0 Å². The van der Waals surface area contributed by atoms with Gasteiger partial charge < -0.3 is 5.73 Å². The summed E-state index contributed by atoms with van der Waals surface area (Å²) >= 11 is 6.56. The van der Waals surface area contributed by atoms with Crippen LogP contribution in [0.15, 0.2) is 17.5 Å². The zero-order valence-corrected chi connectivity index (χ0v) is 7.88. The van der Waals surface area contributed by atoms with Gasteiger partial charge in [0.05, 0.1) is 4.99 Å². The van der Waals surface area contributed by atoms with Gasteiger partial charge in [0.2, 0.25) is 0 Å². The van der Waals surface area contributed by atoms with Crippen molar-refractivity contribution >= 4 is 28.5 Å². The first-order chi connectivity index (χ1) is 5.29. The average Bonchev–Trinajstić information content (AvgIpc) is 2.39. The summed E-state index contributed by atoms with van der Waals surface area (Å²) in [5.74, 6) is 0. The molecule has 0 aliphatic carbocycles. The second-order valence-corrected chi connectivity index (χ2v) is 3.96. The minimum Gasteiger partial charge on any atom is -0.393 e. The quantitative estimate of drug-likeness (QED) is 0.729. The van der Waals surface area contributed by atoms with E-state index in [4.69, 9.17) is 18.0 Å². The smallest absolute Gasteiger partial charge is 0.0727 e. The van der Waals surface area contributed by atoms with Crippen LogP contribution in [0.25, 0.3) is 0 Å². The average molecular weight is 185 g/mol. The van der Waals surface area contributed by atoms with Gasteiger partial charge >= 0.3 is 0 Å². The molecule has 1 heterocycles. The molecule has 3 heteroatoms. The van der Waals surface area contributed by atoms with E-state index in [0.29, 0.717) is 4.99 Å². The van der Waals surface area contributed by atoms with Gasteiger partial charge in [-0.25, -0.2) is 0 Å². The minimum absolute atomic E-state index is 0.626. The van der Waals surface area contributed by atoms with Crippen LogP contribution >= 0.6 is 23.6 Å². The van der Waals surface area contributed by atoms with E-state index in [-0.39, 0.29) is 0 Å². The van der Waals surface area contributed by atoms with Crippen molar-refractivity contribution in [1.82, 2.24) is 0 Å². The van der Waals surface area contributed by atoms with Gasteiger partial charge in [0.1, 0.15) is 0 Å². The van der Waals surface area contributed by atoms with Crippen LogP contribution in [0.1, 0.15) is 17.7 Å². The molecule has 0 unspecified atom stereocenters. The molecule has 1 rings (SSSR count). The molecule has 1 nitrogen and oxygen atoms in total. The SMILES string of the molecule is NC(=S)CCCc1cccs1. The van der Waals surface area contributed by atoms with Gasteiger partial charge in [-0.15, -0.1) is 11.3 Å². The molecule has 0 spiro atoms. The summed E-state index contributed by atoms with van der Waals surface area (Å²) in [6.45, 7) is 0. The number of hydrogen-bond donors (Lipinski definition) is 1. The molecule has 0 aromatic carbocycles. The first kappa shape index (κ1) is 8.68. The third kappa shape index (κ3) is 3.49. The molecule has 0 aliphatic rings. The van der Waals surface area contributed by atoms with Crippen LogP contribution in [0.5, 0.6) is 0 Å². The monoisotopic (exact) mass is 185 g/mol. The van der Waals surface area contributed by atoms with Crippen LogP contribution < -0.4 is 5.73 Å². The highest BCUT2D eigenvalue weighted by Gasteiger charge is 1.94. The van der Waals surface area contributed by atoms with Crippen LogP contribution in [-0.4, -0.2) is 4.99 Å². The van der Waals surface area contributed by atoms with E-state index in [0.717, 1.165) is 19.3 Å². The predicted molar refractivity (Wildman–Crippen MR) is 54.0 cm³/mol. The highest BCUT2D eigenvalue weighted by Crippen LogP contribution is 2.11. The van der Waals surface area contributed by atoms with Gasteiger partial charge in [-0.1, -0.05) is 18.3 Å². The van der Waals surface area contributed by atoms with Crippen LogP contribution in [0.4, 0.5) is 0 Å². The summed E-state index contributed by atoms with van der Waals surface area (Å²) in [4.78, 5) is 2.04. The summed E-state index contributed by atoms with van der Waals surface area (Å²) < 4.78 is 0. The maximum Gasteiger partial charge on any atom is 0.0727 e. The van der Waals surface area contributed by atoms with Crippen molar-refractivity contribution in [2.24, 2.45) is 5.73 Å². The lowest BCUT2D eigenvalue weighted by atomic mass is 10.2. The molecular formula is C8H11NS2. The third-order valence-electron chi connectivity index (χ3n) is 1.43. The zero-order valence-electron chi connectivity index (χ0n) is 6.25. The molecule has 0 amide bonds. The summed E-state index contributed by atoms with van der Waals surface area (Å²) in [5, 5.41) is 2.09. The van der Waals surface area contributed by atoms with E-state index < -0.39 is 0 Å². The Labute approximate surface area is 76.2 Å². The number of nitrogens with two attached hydrogens (primary N) is 1. The molecule has 60 valence electrons. The van der Waals surface area contributed by atoms with E-state index in [2.05, 4.69) is 17.5 Å². The van der Waals surface area contributed by atoms with Crippen molar-refractivity contribution in [3.63, 3.8) is 0 Å². The van der Waals surface area contributed by atoms with Gasteiger partial charge in [0.25, 0.3) is 0 Å². The zero-order chi connectivity index (χ0) is 8.10. The Bertz CT molecular complexity index is 216. The fourth-order valence-electron chi connectivity index (χ4n) is 0.892. The number of thiophene rings is 1. The molecule has 1 aromatic heterocycles. The first-order valence-electron chi connectivity index (χ1n) is 3.60. The number of hydrogen-bond acceptors (Lipinski definition) is 2. The van der Waals surface area contributed by atoms with Crippen molar-refractivity contribution in [3.8, 4) is 0 Å². The normalized spacial score (nSPS) is 9.82. The molecule has 0 fully saturated rings. The topological polar surface area (TPSA) is 26.0 Å². The maximum absolute atomic E-state index is 5.37. The Balaban J connectivity index is 2.19. The Morgan fingerprint density at radius 1 is 1.64 bits per heavy atom. The summed E-state index contributed by atoms with van der Waals surface area (Å²) in [6.07, 6.45) is 3.05. The molecule has 11 heavy (non-hydrogen) atoms. The van der Waals surface area contributed by atoms with Crippen molar-refractivity contribution in [2.45, 2.75) is 19.3 Å². The Morgan fingerprint density at radius 3 is 3.00 bits per heavy atom. The summed E-state index contributed by atoms with van der Waals surface area (Å²) in [5.41, 5.74) is 5.37. The molecule has 0 bridgehead atoms. The molecule has 1 aromatic rings. The van der Waals surface area contributed by atoms with Crippen LogP contribution in [0.2, 0.25) is 0 Å². The molecule has 0 radical (unpaired) electrons. The lowest BCUT2D eigenvalue weighted by Crippen LogP contribution is -2.07. The van der Waals surface area contributed by atoms with Gasteiger partial charge in [-0.3, -0.25) is 0 Å². The minimum atomic E-state index is 0.626. The highest BCUT2D eigenvalue weighted by molar-refractivity contribution is 7.80. The fourth-order valence-corrected chi connectivity index (χ4v) is 1.79. The van der Waals surface area contributed by atoms with Gasteiger partial charge in [0.15, 0.2) is 0 Å². The second-order valence-electron chi connectivity index (χ2n) is 2.40. The van der Waals surface area contributed by atoms with Crippen molar-refractivity contribution in [1.29, 1.82) is 0 Å². The van der Waals surface area contributed by atoms with Crippen molar-refractivity contribution in [3.05, 3.63) is 22.4 Å². The van der Waals surface area contributed by atoms with Crippen LogP contribution in [0.3, 0.4) is 0 Å². The van der Waals surface area contributed by atoms with Gasteiger partial charge in [0, 0.05) is 4.88 Å². The first-order valence-corrected chi connectivity index (χ1v) is 4.88. The fraction of sp³-hybridized carbons (Fsp3) is 0.375. The van der Waals surface area contributed by atoms with Gasteiger partial charge in [-0.05, 0) is 30.7 Å². The Hall–Kier alpha value is -0.410. The number of aryl methyl sites for hydroxylation is 1. The van der Waals surface area contributed by atoms with Crippen LogP contribution in [-0.2, 0) is 6.42 Å². The molecule has 0 atom stereocenters. The van der Waals surface area contributed by atoms with E-state index >= 15 is 0 Å². The van der Waals surface area contributed by atoms with Crippen LogP contribution in [0, 0.1) is 0 Å². The molecule has 0 aliphatic heterocycles. The molecule has 2 N–H and O–H groups in total.